The largest absolute Gasteiger partial charge is 0.326 e. The van der Waals surface area contributed by atoms with Crippen molar-refractivity contribution in [3.05, 3.63) is 29.3 Å². The topological polar surface area (TPSA) is 49.0 Å². The molecule has 1 radical (unpaired) electrons. The van der Waals surface area contributed by atoms with Crippen LogP contribution in [0.2, 0.25) is 0 Å². The Balaban J connectivity index is 2.83. The van der Waals surface area contributed by atoms with Crippen LogP contribution in [0.1, 0.15) is 18.1 Å². The summed E-state index contributed by atoms with van der Waals surface area (Å²) in [6.07, 6.45) is 0.548. The summed E-state index contributed by atoms with van der Waals surface area (Å²) in [5, 5.41) is 13.1. The molecule has 0 aliphatic carbocycles. The number of amides is 1. The van der Waals surface area contributed by atoms with Crippen LogP contribution in [0.5, 0.6) is 0 Å². The maximum absolute atomic E-state index is 10.8. The van der Waals surface area contributed by atoms with Crippen molar-refractivity contribution in [3.63, 3.8) is 0 Å². The van der Waals surface area contributed by atoms with Gasteiger partial charge in [0.05, 0.1) is 6.61 Å². The van der Waals surface area contributed by atoms with Gasteiger partial charge in [-0.2, -0.15) is 0 Å². The van der Waals surface area contributed by atoms with E-state index in [1.54, 1.807) is 0 Å². The quantitative estimate of drug-likeness (QED) is 0.781. The Morgan fingerprint density at radius 2 is 2.14 bits per heavy atom. The van der Waals surface area contributed by atoms with Crippen LogP contribution >= 0.6 is 0 Å². The molecule has 0 fully saturated rings. The van der Waals surface area contributed by atoms with E-state index in [1.807, 2.05) is 25.1 Å². The van der Waals surface area contributed by atoms with Gasteiger partial charge in [-0.1, -0.05) is 6.07 Å². The molecular formula is C11H14NO2. The fourth-order valence-corrected chi connectivity index (χ4v) is 1.37. The van der Waals surface area contributed by atoms with E-state index in [2.05, 4.69) is 5.32 Å². The highest BCUT2D eigenvalue weighted by molar-refractivity contribution is 5.88. The summed E-state index contributed by atoms with van der Waals surface area (Å²) >= 11 is 0. The molecule has 3 heteroatoms. The Morgan fingerprint density at radius 3 is 2.64 bits per heavy atom. The first-order valence-electron chi connectivity index (χ1n) is 4.58. The van der Waals surface area contributed by atoms with Crippen LogP contribution in [0.3, 0.4) is 0 Å². The minimum Gasteiger partial charge on any atom is -0.326 e. The lowest BCUT2D eigenvalue weighted by atomic mass is 10.1. The van der Waals surface area contributed by atoms with E-state index in [9.17, 15) is 9.90 Å². The Labute approximate surface area is 83.8 Å². The highest BCUT2D eigenvalue weighted by atomic mass is 16.2. The van der Waals surface area contributed by atoms with Crippen molar-refractivity contribution in [1.29, 1.82) is 0 Å². The van der Waals surface area contributed by atoms with Crippen LogP contribution in [-0.2, 0) is 16.3 Å². The third kappa shape index (κ3) is 2.85. The predicted molar refractivity (Wildman–Crippen MR) is 54.7 cm³/mol. The highest BCUT2D eigenvalue weighted by Gasteiger charge is 2.00. The van der Waals surface area contributed by atoms with Crippen LogP contribution < -0.4 is 5.32 Å². The molecule has 1 aromatic rings. The van der Waals surface area contributed by atoms with Gasteiger partial charge in [0.2, 0.25) is 5.91 Å². The van der Waals surface area contributed by atoms with Gasteiger partial charge in [0, 0.05) is 12.6 Å². The number of carbonyl (C=O) groups is 1. The van der Waals surface area contributed by atoms with E-state index >= 15 is 0 Å². The Bertz CT molecular complexity index is 334. The molecule has 0 aliphatic rings. The lowest BCUT2D eigenvalue weighted by Gasteiger charge is -2.07. The zero-order valence-corrected chi connectivity index (χ0v) is 8.46. The number of hydrogen-bond donors (Lipinski definition) is 1. The molecule has 0 atom stereocenters. The molecule has 75 valence electrons. The van der Waals surface area contributed by atoms with Gasteiger partial charge in [0.1, 0.15) is 0 Å². The standard InChI is InChI=1S/C11H14NO2/c1-8-7-11(12-9(2)14)4-3-10(8)5-6-13/h3-4,7H,5-6H2,1-2H3,(H,12,14). The lowest BCUT2D eigenvalue weighted by Crippen LogP contribution is -2.06. The van der Waals surface area contributed by atoms with Crippen LogP contribution in [0, 0.1) is 6.92 Å². The summed E-state index contributed by atoms with van der Waals surface area (Å²) < 4.78 is 0. The number of nitrogens with one attached hydrogen (secondary N) is 1. The van der Waals surface area contributed by atoms with Crippen molar-refractivity contribution in [2.75, 3.05) is 11.9 Å². The molecular weight excluding hydrogens is 178 g/mol. The molecule has 3 nitrogen and oxygen atoms in total. The van der Waals surface area contributed by atoms with Gasteiger partial charge >= 0.3 is 0 Å². The number of hydrogen-bond acceptors (Lipinski definition) is 1. The first kappa shape index (κ1) is 10.7. The third-order valence-corrected chi connectivity index (χ3v) is 2.03. The molecule has 1 N–H and O–H groups in total. The maximum Gasteiger partial charge on any atom is 0.221 e. The molecule has 0 aliphatic heterocycles. The molecule has 1 rings (SSSR count). The van der Waals surface area contributed by atoms with Gasteiger partial charge in [-0.15, -0.1) is 0 Å². The van der Waals surface area contributed by atoms with E-state index in [0.29, 0.717) is 6.42 Å². The Kier molecular flexibility index (Phi) is 3.65. The summed E-state index contributed by atoms with van der Waals surface area (Å²) in [7, 11) is 0. The van der Waals surface area contributed by atoms with E-state index in [4.69, 9.17) is 0 Å². The average Bonchev–Trinajstić information content (AvgIpc) is 2.09. The molecule has 14 heavy (non-hydrogen) atoms. The van der Waals surface area contributed by atoms with E-state index < -0.39 is 0 Å². The monoisotopic (exact) mass is 192 g/mol. The second kappa shape index (κ2) is 4.77. The van der Waals surface area contributed by atoms with Gasteiger partial charge in [0.25, 0.3) is 0 Å². The second-order valence-corrected chi connectivity index (χ2v) is 3.28. The zero-order valence-electron chi connectivity index (χ0n) is 8.46. The minimum atomic E-state index is -0.0969. The molecule has 0 saturated heterocycles. The van der Waals surface area contributed by atoms with Crippen molar-refractivity contribution < 1.29 is 9.90 Å². The number of carbonyl (C=O) groups excluding carboxylic acids is 1. The highest BCUT2D eigenvalue weighted by Crippen LogP contribution is 2.15. The Morgan fingerprint density at radius 1 is 1.43 bits per heavy atom. The third-order valence-electron chi connectivity index (χ3n) is 2.03. The van der Waals surface area contributed by atoms with Crippen molar-refractivity contribution in [2.24, 2.45) is 0 Å². The van der Waals surface area contributed by atoms with Gasteiger partial charge in [-0.3, -0.25) is 4.79 Å². The number of rotatable bonds is 3. The van der Waals surface area contributed by atoms with E-state index in [1.165, 1.54) is 6.92 Å². The molecule has 1 amide bonds. The summed E-state index contributed by atoms with van der Waals surface area (Å²) in [6.45, 7) is 3.32. The molecule has 0 saturated carbocycles. The average molecular weight is 192 g/mol. The Hall–Kier alpha value is -1.35. The van der Waals surface area contributed by atoms with Crippen LogP contribution in [0.25, 0.3) is 0 Å². The van der Waals surface area contributed by atoms with Gasteiger partial charge in [0.15, 0.2) is 0 Å². The fourth-order valence-electron chi connectivity index (χ4n) is 1.37. The van der Waals surface area contributed by atoms with Crippen LogP contribution in [0.15, 0.2) is 18.2 Å². The smallest absolute Gasteiger partial charge is 0.221 e. The van der Waals surface area contributed by atoms with Crippen molar-refractivity contribution in [1.82, 2.24) is 0 Å². The molecule has 0 spiro atoms. The molecule has 0 unspecified atom stereocenters. The second-order valence-electron chi connectivity index (χ2n) is 3.28. The van der Waals surface area contributed by atoms with Gasteiger partial charge < -0.3 is 5.32 Å². The summed E-state index contributed by atoms with van der Waals surface area (Å²) in [5.74, 6) is -0.0824. The first-order chi connectivity index (χ1) is 6.63. The predicted octanol–water partition coefficient (Wildman–Crippen LogP) is 1.93. The normalized spacial score (nSPS) is 9.93. The zero-order chi connectivity index (χ0) is 10.6. The molecule has 0 heterocycles. The first-order valence-corrected chi connectivity index (χ1v) is 4.58. The summed E-state index contributed by atoms with van der Waals surface area (Å²) in [6, 6.07) is 5.59. The van der Waals surface area contributed by atoms with Crippen LogP contribution in [-0.4, -0.2) is 12.5 Å². The van der Waals surface area contributed by atoms with Gasteiger partial charge in [-0.25, -0.2) is 5.11 Å². The molecule has 1 aromatic carbocycles. The number of aryl methyl sites for hydroxylation is 1. The maximum atomic E-state index is 10.8. The fraction of sp³-hybridized carbons (Fsp3) is 0.364. The summed E-state index contributed by atoms with van der Waals surface area (Å²) in [5.41, 5.74) is 2.88. The minimum absolute atomic E-state index is 0.0824. The van der Waals surface area contributed by atoms with E-state index in [-0.39, 0.29) is 12.5 Å². The number of anilines is 1. The SMILES string of the molecule is CC(=O)Nc1ccc(CC[O])c(C)c1. The molecule has 0 aromatic heterocycles. The van der Waals surface area contributed by atoms with E-state index in [0.717, 1.165) is 16.8 Å². The van der Waals surface area contributed by atoms with Crippen LogP contribution in [0.4, 0.5) is 5.69 Å². The van der Waals surface area contributed by atoms with Crippen molar-refractivity contribution >= 4 is 11.6 Å². The van der Waals surface area contributed by atoms with Gasteiger partial charge in [-0.05, 0) is 36.6 Å². The summed E-state index contributed by atoms with van der Waals surface area (Å²) in [4.78, 5) is 10.8. The van der Waals surface area contributed by atoms with Crippen molar-refractivity contribution in [3.8, 4) is 0 Å². The number of benzene rings is 1. The lowest BCUT2D eigenvalue weighted by molar-refractivity contribution is -0.114. The molecule has 0 bridgehead atoms. The van der Waals surface area contributed by atoms with Crippen molar-refractivity contribution in [2.45, 2.75) is 20.3 Å².